The first-order valence-corrected chi connectivity index (χ1v) is 8.31. The van der Waals surface area contributed by atoms with E-state index in [1.807, 2.05) is 0 Å². The molecule has 2 aliphatic rings. The number of hydrogen-bond acceptors (Lipinski definition) is 3. The second-order valence-electron chi connectivity index (χ2n) is 5.73. The molecule has 94 valence electrons. The van der Waals surface area contributed by atoms with Gasteiger partial charge in [-0.2, -0.15) is 0 Å². The predicted octanol–water partition coefficient (Wildman–Crippen LogP) is 1.86. The van der Waals surface area contributed by atoms with Crippen molar-refractivity contribution >= 4 is 9.84 Å². The smallest absolute Gasteiger partial charge is 0.150 e. The van der Waals surface area contributed by atoms with Crippen molar-refractivity contribution in [2.24, 2.45) is 11.7 Å². The Morgan fingerprint density at radius 1 is 1.19 bits per heavy atom. The molecule has 1 saturated carbocycles. The summed E-state index contributed by atoms with van der Waals surface area (Å²) in [6.07, 6.45) is 8.97. The van der Waals surface area contributed by atoms with Gasteiger partial charge in [0.2, 0.25) is 0 Å². The van der Waals surface area contributed by atoms with Crippen LogP contribution in [0.5, 0.6) is 0 Å². The van der Waals surface area contributed by atoms with E-state index >= 15 is 0 Å². The Hall–Kier alpha value is -0.0900. The van der Waals surface area contributed by atoms with Crippen LogP contribution in [0.4, 0.5) is 0 Å². The van der Waals surface area contributed by atoms with Gasteiger partial charge in [-0.25, -0.2) is 8.42 Å². The van der Waals surface area contributed by atoms with Crippen LogP contribution in [0, 0.1) is 5.92 Å². The van der Waals surface area contributed by atoms with Crippen molar-refractivity contribution < 1.29 is 8.42 Å². The predicted molar refractivity (Wildman–Crippen MR) is 66.0 cm³/mol. The van der Waals surface area contributed by atoms with Crippen molar-refractivity contribution in [2.45, 2.75) is 56.9 Å². The first-order chi connectivity index (χ1) is 7.49. The maximum absolute atomic E-state index is 11.3. The summed E-state index contributed by atoms with van der Waals surface area (Å²) in [5.41, 5.74) is 6.37. The SMILES string of the molecule is NC1(CCC2CCS(=O)(=O)C2)CCCCC1. The van der Waals surface area contributed by atoms with Gasteiger partial charge in [0.1, 0.15) is 0 Å². The first kappa shape index (κ1) is 12.4. The van der Waals surface area contributed by atoms with Crippen LogP contribution in [0.2, 0.25) is 0 Å². The van der Waals surface area contributed by atoms with Gasteiger partial charge in [-0.1, -0.05) is 19.3 Å². The summed E-state index contributed by atoms with van der Waals surface area (Å²) in [5.74, 6) is 1.19. The molecule has 0 aromatic carbocycles. The van der Waals surface area contributed by atoms with Crippen LogP contribution >= 0.6 is 0 Å². The molecule has 1 saturated heterocycles. The van der Waals surface area contributed by atoms with Crippen LogP contribution in [0.3, 0.4) is 0 Å². The molecule has 1 heterocycles. The molecule has 0 aromatic heterocycles. The fraction of sp³-hybridized carbons (Fsp3) is 1.00. The lowest BCUT2D eigenvalue weighted by Crippen LogP contribution is -2.41. The number of nitrogens with two attached hydrogens (primary N) is 1. The van der Waals surface area contributed by atoms with Crippen LogP contribution in [-0.2, 0) is 9.84 Å². The van der Waals surface area contributed by atoms with E-state index in [1.54, 1.807) is 0 Å². The van der Waals surface area contributed by atoms with Gasteiger partial charge >= 0.3 is 0 Å². The molecule has 0 aromatic rings. The molecule has 0 radical (unpaired) electrons. The summed E-state index contributed by atoms with van der Waals surface area (Å²) < 4.78 is 22.7. The monoisotopic (exact) mass is 245 g/mol. The van der Waals surface area contributed by atoms with Crippen molar-refractivity contribution in [3.63, 3.8) is 0 Å². The molecule has 3 nitrogen and oxygen atoms in total. The topological polar surface area (TPSA) is 60.2 Å². The minimum Gasteiger partial charge on any atom is -0.325 e. The fourth-order valence-corrected chi connectivity index (χ4v) is 5.01. The zero-order valence-electron chi connectivity index (χ0n) is 9.95. The summed E-state index contributed by atoms with van der Waals surface area (Å²) in [6.45, 7) is 0. The van der Waals surface area contributed by atoms with Gasteiger partial charge < -0.3 is 5.73 Å². The second kappa shape index (κ2) is 4.65. The second-order valence-corrected chi connectivity index (χ2v) is 7.96. The van der Waals surface area contributed by atoms with Crippen LogP contribution in [-0.4, -0.2) is 25.5 Å². The Balaban J connectivity index is 1.79. The lowest BCUT2D eigenvalue weighted by atomic mass is 9.78. The highest BCUT2D eigenvalue weighted by molar-refractivity contribution is 7.91. The lowest BCUT2D eigenvalue weighted by molar-refractivity contribution is 0.259. The highest BCUT2D eigenvalue weighted by Gasteiger charge is 2.32. The zero-order valence-corrected chi connectivity index (χ0v) is 10.8. The van der Waals surface area contributed by atoms with Crippen LogP contribution in [0.15, 0.2) is 0 Å². The van der Waals surface area contributed by atoms with E-state index in [1.165, 1.54) is 19.3 Å². The van der Waals surface area contributed by atoms with E-state index in [0.717, 1.165) is 32.1 Å². The summed E-state index contributed by atoms with van der Waals surface area (Å²) in [7, 11) is -2.71. The maximum Gasteiger partial charge on any atom is 0.150 e. The van der Waals surface area contributed by atoms with Crippen molar-refractivity contribution in [1.29, 1.82) is 0 Å². The lowest BCUT2D eigenvalue weighted by Gasteiger charge is -2.34. The van der Waals surface area contributed by atoms with E-state index in [0.29, 0.717) is 17.4 Å². The molecule has 2 fully saturated rings. The quantitative estimate of drug-likeness (QED) is 0.825. The van der Waals surface area contributed by atoms with E-state index in [4.69, 9.17) is 5.73 Å². The fourth-order valence-electron chi connectivity index (χ4n) is 3.10. The standard InChI is InChI=1S/C12H23NO2S/c13-12(6-2-1-3-7-12)8-4-11-5-9-16(14,15)10-11/h11H,1-10,13H2. The van der Waals surface area contributed by atoms with Crippen LogP contribution < -0.4 is 5.73 Å². The molecule has 1 unspecified atom stereocenters. The number of hydrogen-bond donors (Lipinski definition) is 1. The average Bonchev–Trinajstić information content (AvgIpc) is 2.57. The summed E-state index contributed by atoms with van der Waals surface area (Å²) in [6, 6.07) is 0. The molecule has 2 N–H and O–H groups in total. The molecule has 0 amide bonds. The highest BCUT2D eigenvalue weighted by Crippen LogP contribution is 2.33. The minimum atomic E-state index is -2.71. The summed E-state index contributed by atoms with van der Waals surface area (Å²) in [5, 5.41) is 0. The molecular formula is C12H23NO2S. The minimum absolute atomic E-state index is 0.0185. The largest absolute Gasteiger partial charge is 0.325 e. The highest BCUT2D eigenvalue weighted by atomic mass is 32.2. The van der Waals surface area contributed by atoms with Crippen molar-refractivity contribution in [3.8, 4) is 0 Å². The van der Waals surface area contributed by atoms with E-state index in [9.17, 15) is 8.42 Å². The molecule has 1 atom stereocenters. The third kappa shape index (κ3) is 3.20. The molecule has 16 heavy (non-hydrogen) atoms. The number of sulfone groups is 1. The Bertz CT molecular complexity index is 331. The molecule has 4 heteroatoms. The molecule has 0 bridgehead atoms. The van der Waals surface area contributed by atoms with Crippen LogP contribution in [0.1, 0.15) is 51.4 Å². The molecular weight excluding hydrogens is 222 g/mol. The number of rotatable bonds is 3. The van der Waals surface area contributed by atoms with Gasteiger partial charge in [0, 0.05) is 5.54 Å². The van der Waals surface area contributed by atoms with Gasteiger partial charge in [-0.15, -0.1) is 0 Å². The van der Waals surface area contributed by atoms with E-state index < -0.39 is 9.84 Å². The van der Waals surface area contributed by atoms with Crippen molar-refractivity contribution in [3.05, 3.63) is 0 Å². The zero-order chi connectivity index (χ0) is 11.6. The van der Waals surface area contributed by atoms with Crippen LogP contribution in [0.25, 0.3) is 0 Å². The third-order valence-corrected chi connectivity index (χ3v) is 6.06. The van der Waals surface area contributed by atoms with Gasteiger partial charge in [0.05, 0.1) is 11.5 Å². The molecule has 0 spiro atoms. The Morgan fingerprint density at radius 2 is 1.88 bits per heavy atom. The molecule has 2 rings (SSSR count). The Kier molecular flexibility index (Phi) is 3.59. The van der Waals surface area contributed by atoms with Crippen molar-refractivity contribution in [2.75, 3.05) is 11.5 Å². The van der Waals surface area contributed by atoms with E-state index in [-0.39, 0.29) is 5.54 Å². The first-order valence-electron chi connectivity index (χ1n) is 6.48. The Labute approximate surface area is 98.7 Å². The Morgan fingerprint density at radius 3 is 2.44 bits per heavy atom. The van der Waals surface area contributed by atoms with E-state index in [2.05, 4.69) is 0 Å². The van der Waals surface area contributed by atoms with Gasteiger partial charge in [0.15, 0.2) is 9.84 Å². The third-order valence-electron chi connectivity index (χ3n) is 4.23. The van der Waals surface area contributed by atoms with Gasteiger partial charge in [-0.3, -0.25) is 0 Å². The molecule has 1 aliphatic carbocycles. The van der Waals surface area contributed by atoms with Gasteiger partial charge in [-0.05, 0) is 38.0 Å². The summed E-state index contributed by atoms with van der Waals surface area (Å²) in [4.78, 5) is 0. The van der Waals surface area contributed by atoms with Gasteiger partial charge in [0.25, 0.3) is 0 Å². The molecule has 1 aliphatic heterocycles. The summed E-state index contributed by atoms with van der Waals surface area (Å²) >= 11 is 0. The maximum atomic E-state index is 11.3. The normalized spacial score (nSPS) is 32.7. The van der Waals surface area contributed by atoms with Crippen molar-refractivity contribution in [1.82, 2.24) is 0 Å². The average molecular weight is 245 g/mol.